The van der Waals surface area contributed by atoms with Crippen molar-refractivity contribution in [1.82, 2.24) is 9.78 Å². The molecule has 21 heavy (non-hydrogen) atoms. The Kier molecular flexibility index (Phi) is 4.52. The molecule has 3 rings (SSSR count). The zero-order chi connectivity index (χ0) is 15.0. The highest BCUT2D eigenvalue weighted by molar-refractivity contribution is 9.10. The SMILES string of the molecule is CCc1nn(C)c(CC(N)C2CCCc3sccc32)c1Br. The minimum absolute atomic E-state index is 0.162. The van der Waals surface area contributed by atoms with Gasteiger partial charge in [-0.2, -0.15) is 5.10 Å². The van der Waals surface area contributed by atoms with E-state index >= 15 is 0 Å². The molecule has 2 N–H and O–H groups in total. The number of rotatable bonds is 4. The van der Waals surface area contributed by atoms with Crippen molar-refractivity contribution in [3.63, 3.8) is 0 Å². The molecule has 2 aromatic rings. The van der Waals surface area contributed by atoms with Gasteiger partial charge in [0, 0.05) is 30.3 Å². The summed E-state index contributed by atoms with van der Waals surface area (Å²) in [6.07, 6.45) is 5.52. The Hall–Kier alpha value is -0.650. The van der Waals surface area contributed by atoms with Crippen LogP contribution in [-0.2, 0) is 26.3 Å². The predicted molar refractivity (Wildman–Crippen MR) is 92.0 cm³/mol. The van der Waals surface area contributed by atoms with Crippen LogP contribution < -0.4 is 5.73 Å². The van der Waals surface area contributed by atoms with Crippen LogP contribution >= 0.6 is 27.3 Å². The van der Waals surface area contributed by atoms with E-state index in [1.165, 1.54) is 30.5 Å². The first-order valence-corrected chi connectivity index (χ1v) is 9.31. The van der Waals surface area contributed by atoms with Crippen LogP contribution in [-0.4, -0.2) is 15.8 Å². The van der Waals surface area contributed by atoms with Crippen LogP contribution in [0.2, 0.25) is 0 Å². The fourth-order valence-electron chi connectivity index (χ4n) is 3.37. The fourth-order valence-corrected chi connectivity index (χ4v) is 5.15. The topological polar surface area (TPSA) is 43.8 Å². The summed E-state index contributed by atoms with van der Waals surface area (Å²) in [7, 11) is 2.02. The Labute approximate surface area is 138 Å². The van der Waals surface area contributed by atoms with Crippen molar-refractivity contribution in [2.45, 2.75) is 51.0 Å². The average molecular weight is 368 g/mol. The molecule has 5 heteroatoms. The summed E-state index contributed by atoms with van der Waals surface area (Å²) in [6.45, 7) is 2.13. The molecule has 114 valence electrons. The molecule has 1 aliphatic rings. The van der Waals surface area contributed by atoms with Gasteiger partial charge in [0.25, 0.3) is 0 Å². The molecular formula is C16H22BrN3S. The maximum absolute atomic E-state index is 6.59. The van der Waals surface area contributed by atoms with Gasteiger partial charge in [0.1, 0.15) is 0 Å². The number of aromatic nitrogens is 2. The lowest BCUT2D eigenvalue weighted by atomic mass is 9.81. The highest BCUT2D eigenvalue weighted by atomic mass is 79.9. The van der Waals surface area contributed by atoms with Gasteiger partial charge in [-0.1, -0.05) is 6.92 Å². The van der Waals surface area contributed by atoms with E-state index in [1.807, 2.05) is 23.1 Å². The maximum Gasteiger partial charge on any atom is 0.0766 e. The van der Waals surface area contributed by atoms with E-state index < -0.39 is 0 Å². The van der Waals surface area contributed by atoms with Gasteiger partial charge in [-0.15, -0.1) is 11.3 Å². The van der Waals surface area contributed by atoms with E-state index in [4.69, 9.17) is 5.73 Å². The summed E-state index contributed by atoms with van der Waals surface area (Å²) in [5.74, 6) is 0.492. The largest absolute Gasteiger partial charge is 0.327 e. The molecule has 0 saturated heterocycles. The van der Waals surface area contributed by atoms with E-state index in [1.54, 1.807) is 4.88 Å². The molecule has 3 nitrogen and oxygen atoms in total. The lowest BCUT2D eigenvalue weighted by molar-refractivity contribution is 0.455. The Morgan fingerprint density at radius 2 is 2.38 bits per heavy atom. The van der Waals surface area contributed by atoms with Crippen molar-refractivity contribution in [3.8, 4) is 0 Å². The Bertz CT molecular complexity index is 632. The highest BCUT2D eigenvalue weighted by Gasteiger charge is 2.28. The van der Waals surface area contributed by atoms with Crippen molar-refractivity contribution < 1.29 is 0 Å². The van der Waals surface area contributed by atoms with Crippen LogP contribution in [0.3, 0.4) is 0 Å². The average Bonchev–Trinajstić information content (AvgIpc) is 3.06. The van der Waals surface area contributed by atoms with Gasteiger partial charge in [-0.05, 0) is 58.6 Å². The molecule has 0 radical (unpaired) electrons. The standard InChI is InChI=1S/C16H22BrN3S/c1-3-13-16(17)14(20(2)19-13)9-12(18)10-5-4-6-15-11(10)7-8-21-15/h7-8,10,12H,3-6,9,18H2,1-2H3. The molecule has 0 aromatic carbocycles. The van der Waals surface area contributed by atoms with E-state index in [2.05, 4.69) is 39.4 Å². The van der Waals surface area contributed by atoms with Crippen molar-refractivity contribution in [2.24, 2.45) is 12.8 Å². The van der Waals surface area contributed by atoms with E-state index in [9.17, 15) is 0 Å². The second kappa shape index (κ2) is 6.23. The predicted octanol–water partition coefficient (Wildman–Crippen LogP) is 3.80. The van der Waals surface area contributed by atoms with Gasteiger partial charge in [-0.25, -0.2) is 0 Å². The minimum Gasteiger partial charge on any atom is -0.327 e. The summed E-state index contributed by atoms with van der Waals surface area (Å²) < 4.78 is 3.13. The molecule has 0 amide bonds. The van der Waals surface area contributed by atoms with Crippen LogP contribution in [0.25, 0.3) is 0 Å². The summed E-state index contributed by atoms with van der Waals surface area (Å²) in [4.78, 5) is 1.54. The molecule has 0 saturated carbocycles. The molecule has 1 aliphatic carbocycles. The van der Waals surface area contributed by atoms with Gasteiger partial charge < -0.3 is 5.73 Å². The number of halogens is 1. The number of hydrogen-bond donors (Lipinski definition) is 1. The fraction of sp³-hybridized carbons (Fsp3) is 0.562. The first-order valence-electron chi connectivity index (χ1n) is 7.63. The van der Waals surface area contributed by atoms with Gasteiger partial charge in [-0.3, -0.25) is 4.68 Å². The van der Waals surface area contributed by atoms with Crippen LogP contribution in [0, 0.1) is 0 Å². The third kappa shape index (κ3) is 2.83. The zero-order valence-corrected chi connectivity index (χ0v) is 15.0. The molecular weight excluding hydrogens is 346 g/mol. The first kappa shape index (κ1) is 15.3. The number of nitrogens with two attached hydrogens (primary N) is 1. The Balaban J connectivity index is 1.82. The normalized spacial score (nSPS) is 19.5. The highest BCUT2D eigenvalue weighted by Crippen LogP contribution is 2.37. The molecule has 0 bridgehead atoms. The third-order valence-electron chi connectivity index (χ3n) is 4.55. The van der Waals surface area contributed by atoms with Gasteiger partial charge in [0.05, 0.1) is 15.9 Å². The Morgan fingerprint density at radius 3 is 3.10 bits per heavy atom. The smallest absolute Gasteiger partial charge is 0.0766 e. The number of fused-ring (bicyclic) bond motifs is 1. The van der Waals surface area contributed by atoms with E-state index in [0.29, 0.717) is 5.92 Å². The first-order chi connectivity index (χ1) is 10.1. The second-order valence-electron chi connectivity index (χ2n) is 5.85. The second-order valence-corrected chi connectivity index (χ2v) is 7.64. The van der Waals surface area contributed by atoms with Crippen molar-refractivity contribution in [2.75, 3.05) is 0 Å². The van der Waals surface area contributed by atoms with E-state index in [0.717, 1.165) is 23.0 Å². The lowest BCUT2D eigenvalue weighted by Gasteiger charge is -2.28. The summed E-state index contributed by atoms with van der Waals surface area (Å²) in [5.41, 5.74) is 10.4. The molecule has 2 heterocycles. The molecule has 0 aliphatic heterocycles. The molecule has 2 aromatic heterocycles. The number of nitrogens with zero attached hydrogens (tertiary/aromatic N) is 2. The molecule has 0 fully saturated rings. The van der Waals surface area contributed by atoms with Gasteiger partial charge >= 0.3 is 0 Å². The monoisotopic (exact) mass is 367 g/mol. The van der Waals surface area contributed by atoms with Crippen LogP contribution in [0.15, 0.2) is 15.9 Å². The summed E-state index contributed by atoms with van der Waals surface area (Å²) >= 11 is 5.59. The minimum atomic E-state index is 0.162. The molecule has 2 unspecified atom stereocenters. The lowest BCUT2D eigenvalue weighted by Crippen LogP contribution is -2.33. The van der Waals surface area contributed by atoms with Gasteiger partial charge in [0.2, 0.25) is 0 Å². The molecule has 0 spiro atoms. The third-order valence-corrected chi connectivity index (χ3v) is 6.46. The Morgan fingerprint density at radius 1 is 1.57 bits per heavy atom. The van der Waals surface area contributed by atoms with Crippen molar-refractivity contribution in [3.05, 3.63) is 37.7 Å². The number of hydrogen-bond acceptors (Lipinski definition) is 3. The van der Waals surface area contributed by atoms with Crippen LogP contribution in [0.1, 0.15) is 47.5 Å². The van der Waals surface area contributed by atoms with Crippen LogP contribution in [0.5, 0.6) is 0 Å². The summed E-state index contributed by atoms with van der Waals surface area (Å²) in [5, 5.41) is 6.79. The molecule has 2 atom stereocenters. The zero-order valence-electron chi connectivity index (χ0n) is 12.6. The van der Waals surface area contributed by atoms with E-state index in [-0.39, 0.29) is 6.04 Å². The van der Waals surface area contributed by atoms with Crippen LogP contribution in [0.4, 0.5) is 0 Å². The summed E-state index contributed by atoms with van der Waals surface area (Å²) in [6, 6.07) is 2.44. The van der Waals surface area contributed by atoms with Crippen molar-refractivity contribution >= 4 is 27.3 Å². The number of aryl methyl sites for hydroxylation is 3. The quantitative estimate of drug-likeness (QED) is 0.892. The maximum atomic E-state index is 6.59. The number of thiophene rings is 1. The van der Waals surface area contributed by atoms with Crippen molar-refractivity contribution in [1.29, 1.82) is 0 Å². The van der Waals surface area contributed by atoms with Gasteiger partial charge in [0.15, 0.2) is 0 Å².